The lowest BCUT2D eigenvalue weighted by atomic mass is 10.1. The summed E-state index contributed by atoms with van der Waals surface area (Å²) in [6.45, 7) is 6.26. The van der Waals surface area contributed by atoms with Crippen LogP contribution in [0, 0.1) is 0 Å². The zero-order chi connectivity index (χ0) is 16.3. The van der Waals surface area contributed by atoms with Gasteiger partial charge in [-0.2, -0.15) is 0 Å². The summed E-state index contributed by atoms with van der Waals surface area (Å²) in [5.41, 5.74) is 3.92. The van der Waals surface area contributed by atoms with Crippen LogP contribution in [0.3, 0.4) is 0 Å². The van der Waals surface area contributed by atoms with Crippen molar-refractivity contribution in [2.24, 2.45) is 5.10 Å². The Labute approximate surface area is 123 Å². The molecule has 1 aliphatic rings. The van der Waals surface area contributed by atoms with Crippen LogP contribution in [0.1, 0.15) is 27.7 Å². The molecule has 4 N–H and O–H groups in total. The van der Waals surface area contributed by atoms with E-state index in [0.29, 0.717) is 0 Å². The van der Waals surface area contributed by atoms with Crippen molar-refractivity contribution < 1.29 is 25.2 Å². The number of aliphatic hydroxyl groups is 4. The molecule has 1 heterocycles. The summed E-state index contributed by atoms with van der Waals surface area (Å²) in [6, 6.07) is -0.971. The molecule has 0 bridgehead atoms. The number of hydrogen-bond acceptors (Lipinski definition) is 6. The molecule has 2 amide bonds. The number of rotatable bonds is 6. The molecule has 0 aliphatic carbocycles. The van der Waals surface area contributed by atoms with E-state index in [1.165, 1.54) is 0 Å². The van der Waals surface area contributed by atoms with E-state index in [-0.39, 0.29) is 17.9 Å². The first-order chi connectivity index (χ1) is 9.70. The van der Waals surface area contributed by atoms with Gasteiger partial charge in [0.25, 0.3) is 0 Å². The topological polar surface area (TPSA) is 131 Å². The highest BCUT2D eigenvalue weighted by molar-refractivity contribution is 5.92. The van der Waals surface area contributed by atoms with Gasteiger partial charge in [0.1, 0.15) is 18.3 Å². The van der Waals surface area contributed by atoms with Gasteiger partial charge >= 0.3 is 6.03 Å². The van der Waals surface area contributed by atoms with Crippen LogP contribution in [-0.4, -0.2) is 79.3 Å². The van der Waals surface area contributed by atoms with Crippen molar-refractivity contribution in [3.63, 3.8) is 0 Å². The molecule has 1 radical (unpaired) electrons. The summed E-state index contributed by atoms with van der Waals surface area (Å²) >= 11 is 0. The Bertz CT molecular complexity index is 401. The number of amidine groups is 1. The minimum absolute atomic E-state index is 0.197. The fourth-order valence-corrected chi connectivity index (χ4v) is 1.69. The molecule has 0 aromatic heterocycles. The average Bonchev–Trinajstić information content (AvgIpc) is 2.44. The van der Waals surface area contributed by atoms with Gasteiger partial charge in [-0.3, -0.25) is 0 Å². The Morgan fingerprint density at radius 3 is 2.00 bits per heavy atom. The molecule has 0 saturated heterocycles. The number of carbonyl (C=O) groups is 1. The third-order valence-electron chi connectivity index (χ3n) is 2.96. The van der Waals surface area contributed by atoms with Crippen molar-refractivity contribution in [2.75, 3.05) is 6.61 Å². The number of urea groups is 1. The van der Waals surface area contributed by atoms with Gasteiger partial charge in [-0.1, -0.05) is 0 Å². The third kappa shape index (κ3) is 3.82. The lowest BCUT2D eigenvalue weighted by Crippen LogP contribution is -2.60. The van der Waals surface area contributed by atoms with E-state index in [1.807, 2.05) is 0 Å². The van der Waals surface area contributed by atoms with Crippen molar-refractivity contribution in [2.45, 2.75) is 58.1 Å². The molecule has 0 unspecified atom stereocenters. The van der Waals surface area contributed by atoms with Gasteiger partial charge in [-0.05, 0) is 27.7 Å². The van der Waals surface area contributed by atoms with Gasteiger partial charge in [-0.25, -0.2) is 14.8 Å². The Balaban J connectivity index is 3.04. The van der Waals surface area contributed by atoms with Crippen LogP contribution < -0.4 is 5.43 Å². The summed E-state index contributed by atoms with van der Waals surface area (Å²) < 4.78 is 0. The second-order valence-corrected chi connectivity index (χ2v) is 5.40. The lowest BCUT2D eigenvalue weighted by molar-refractivity contribution is -0.0586. The predicted octanol–water partition coefficient (Wildman–Crippen LogP) is -1.55. The summed E-state index contributed by atoms with van der Waals surface area (Å²) in [6.07, 6.45) is -4.81. The van der Waals surface area contributed by atoms with E-state index < -0.39 is 30.9 Å². The maximum atomic E-state index is 12.2. The van der Waals surface area contributed by atoms with Crippen molar-refractivity contribution in [1.82, 2.24) is 15.4 Å². The number of carbonyl (C=O) groups excluding carboxylic acids is 1. The van der Waals surface area contributed by atoms with Crippen LogP contribution in [0.5, 0.6) is 0 Å². The zero-order valence-electron chi connectivity index (χ0n) is 12.6. The van der Waals surface area contributed by atoms with E-state index in [2.05, 4.69) is 10.5 Å². The Kier molecular flexibility index (Phi) is 5.90. The standard InChI is InChI=1S/C12H23N4O5/c1-6(2)15-12(21)16(7(3)4)14-11(13-15)10(20)9(19)8(18)5-17/h6-10,17-20H,5H2,1-4H3/t8-,9-,10-/m1/s1. The van der Waals surface area contributed by atoms with E-state index in [0.717, 1.165) is 10.0 Å². The number of hydrazone groups is 1. The van der Waals surface area contributed by atoms with Crippen LogP contribution in [0.2, 0.25) is 0 Å². The molecule has 9 nitrogen and oxygen atoms in total. The number of hydrogen-bond donors (Lipinski definition) is 4. The molecule has 0 aromatic rings. The van der Waals surface area contributed by atoms with Gasteiger partial charge in [0.05, 0.1) is 18.7 Å². The minimum atomic E-state index is -1.66. The largest absolute Gasteiger partial charge is 0.394 e. The maximum absolute atomic E-state index is 12.2. The smallest absolute Gasteiger partial charge is 0.361 e. The van der Waals surface area contributed by atoms with Crippen LogP contribution >= 0.6 is 0 Å². The van der Waals surface area contributed by atoms with Crippen LogP contribution in [0.4, 0.5) is 4.79 Å². The second kappa shape index (κ2) is 7.03. The molecule has 1 rings (SSSR count). The highest BCUT2D eigenvalue weighted by Crippen LogP contribution is 2.15. The van der Waals surface area contributed by atoms with Crippen molar-refractivity contribution >= 4 is 11.9 Å². The summed E-state index contributed by atoms with van der Waals surface area (Å²) in [7, 11) is 0. The fourth-order valence-electron chi connectivity index (χ4n) is 1.69. The first-order valence-corrected chi connectivity index (χ1v) is 6.78. The van der Waals surface area contributed by atoms with Crippen LogP contribution in [0.25, 0.3) is 0 Å². The Hall–Kier alpha value is -1.42. The SMILES string of the molecule is CC(C)N1[N]C([C@H](O)[C@H](O)[C@H](O)CO)=NN(C(C)C)C1=O. The quantitative estimate of drug-likeness (QED) is 0.472. The highest BCUT2D eigenvalue weighted by atomic mass is 16.4. The summed E-state index contributed by atoms with van der Waals surface area (Å²) in [5, 5.41) is 44.1. The minimum Gasteiger partial charge on any atom is -0.394 e. The van der Waals surface area contributed by atoms with Crippen molar-refractivity contribution in [3.05, 3.63) is 0 Å². The molecule has 0 fully saturated rings. The molecule has 121 valence electrons. The number of nitrogens with zero attached hydrogens (tertiary/aromatic N) is 4. The third-order valence-corrected chi connectivity index (χ3v) is 2.96. The van der Waals surface area contributed by atoms with Crippen LogP contribution in [0.15, 0.2) is 5.10 Å². The Morgan fingerprint density at radius 1 is 1.05 bits per heavy atom. The first-order valence-electron chi connectivity index (χ1n) is 6.78. The molecule has 0 spiro atoms. The zero-order valence-corrected chi connectivity index (χ0v) is 12.6. The van der Waals surface area contributed by atoms with Gasteiger partial charge < -0.3 is 20.4 Å². The molecular formula is C12H23N4O5. The maximum Gasteiger partial charge on any atom is 0.361 e. The van der Waals surface area contributed by atoms with Crippen molar-refractivity contribution in [3.8, 4) is 0 Å². The van der Waals surface area contributed by atoms with Gasteiger partial charge in [-0.15, -0.1) is 10.5 Å². The molecule has 21 heavy (non-hydrogen) atoms. The van der Waals surface area contributed by atoms with E-state index >= 15 is 0 Å². The number of amides is 2. The molecule has 9 heteroatoms. The number of aliphatic hydroxyl groups excluding tert-OH is 4. The van der Waals surface area contributed by atoms with E-state index in [9.17, 15) is 20.1 Å². The molecule has 0 aromatic carbocycles. The summed E-state index contributed by atoms with van der Waals surface area (Å²) in [4.78, 5) is 12.2. The molecule has 3 atom stereocenters. The monoisotopic (exact) mass is 303 g/mol. The highest BCUT2D eigenvalue weighted by Gasteiger charge is 2.38. The first kappa shape index (κ1) is 17.6. The van der Waals surface area contributed by atoms with E-state index in [1.54, 1.807) is 27.7 Å². The summed E-state index contributed by atoms with van der Waals surface area (Å²) in [5.74, 6) is -0.197. The van der Waals surface area contributed by atoms with E-state index in [4.69, 9.17) is 5.11 Å². The van der Waals surface area contributed by atoms with Gasteiger partial charge in [0.2, 0.25) is 5.84 Å². The molecular weight excluding hydrogens is 280 g/mol. The Morgan fingerprint density at radius 2 is 1.57 bits per heavy atom. The normalized spacial score (nSPS) is 20.5. The van der Waals surface area contributed by atoms with Crippen LogP contribution in [-0.2, 0) is 0 Å². The predicted molar refractivity (Wildman–Crippen MR) is 74.0 cm³/mol. The van der Waals surface area contributed by atoms with Gasteiger partial charge in [0, 0.05) is 0 Å². The van der Waals surface area contributed by atoms with Crippen molar-refractivity contribution in [1.29, 1.82) is 0 Å². The second-order valence-electron chi connectivity index (χ2n) is 5.40. The van der Waals surface area contributed by atoms with Gasteiger partial charge in [0.15, 0.2) is 0 Å². The molecule has 0 saturated carbocycles. The molecule has 1 aliphatic heterocycles. The lowest BCUT2D eigenvalue weighted by Gasteiger charge is -2.37. The fraction of sp³-hybridized carbons (Fsp3) is 0.833. The average molecular weight is 303 g/mol.